The van der Waals surface area contributed by atoms with Crippen LogP contribution in [-0.2, 0) is 25.1 Å². The highest BCUT2D eigenvalue weighted by Gasteiger charge is 2.23. The molecule has 7 nitrogen and oxygen atoms in total. The smallest absolute Gasteiger partial charge is 0.235 e. The second-order valence-electron chi connectivity index (χ2n) is 6.81. The quantitative estimate of drug-likeness (QED) is 0.775. The first-order valence-corrected chi connectivity index (χ1v) is 10.8. The molecule has 8 heteroatoms. The maximum atomic E-state index is 12.4. The maximum absolute atomic E-state index is 12.4. The number of oxazole rings is 1. The van der Waals surface area contributed by atoms with Crippen molar-refractivity contribution in [3.63, 3.8) is 0 Å². The van der Waals surface area contributed by atoms with E-state index in [0.717, 1.165) is 24.0 Å². The lowest BCUT2D eigenvalue weighted by Crippen LogP contribution is -2.36. The predicted octanol–water partition coefficient (Wildman–Crippen LogP) is 2.17. The highest BCUT2D eigenvalue weighted by molar-refractivity contribution is 7.91. The van der Waals surface area contributed by atoms with Crippen molar-refractivity contribution in [2.75, 3.05) is 18.9 Å². The van der Waals surface area contributed by atoms with Crippen LogP contribution in [0.15, 0.2) is 28.7 Å². The molecule has 1 amide bonds. The zero-order valence-electron chi connectivity index (χ0n) is 15.5. The van der Waals surface area contributed by atoms with Gasteiger partial charge in [0.25, 0.3) is 0 Å². The number of carbonyl (C=O) groups excluding carboxylic acids is 1. The van der Waals surface area contributed by atoms with Crippen LogP contribution in [0.4, 0.5) is 0 Å². The van der Waals surface area contributed by atoms with E-state index >= 15 is 0 Å². The lowest BCUT2D eigenvalue weighted by atomic mass is 10.1. The molecule has 2 aromatic rings. The number of ether oxygens (including phenoxy) is 1. The number of benzene rings is 1. The third-order valence-electron chi connectivity index (χ3n) is 4.53. The summed E-state index contributed by atoms with van der Waals surface area (Å²) in [5.41, 5.74) is 2.14. The van der Waals surface area contributed by atoms with Gasteiger partial charge in [-0.1, -0.05) is 18.2 Å². The Morgan fingerprint density at radius 3 is 2.78 bits per heavy atom. The van der Waals surface area contributed by atoms with Crippen molar-refractivity contribution in [2.45, 2.75) is 38.5 Å². The lowest BCUT2D eigenvalue weighted by Gasteiger charge is -2.10. The first-order valence-electron chi connectivity index (χ1n) is 8.95. The van der Waals surface area contributed by atoms with E-state index in [4.69, 9.17) is 9.15 Å². The van der Waals surface area contributed by atoms with Gasteiger partial charge in [0.2, 0.25) is 11.8 Å². The summed E-state index contributed by atoms with van der Waals surface area (Å²) in [4.78, 5) is 16.3. The Morgan fingerprint density at radius 2 is 2.07 bits per heavy atom. The fourth-order valence-corrected chi connectivity index (χ4v) is 4.32. The fourth-order valence-electron chi connectivity index (χ4n) is 3.03. The molecule has 0 spiro atoms. The van der Waals surface area contributed by atoms with Crippen LogP contribution < -0.4 is 5.32 Å². The number of aromatic nitrogens is 1. The van der Waals surface area contributed by atoms with E-state index in [9.17, 15) is 13.2 Å². The molecule has 2 heterocycles. The standard InChI is InChI=1S/C19H24N2O5S/c1-13-6-3-4-8-16(13)19-21-17(14(2)26-19)11-27(23,24)12-18(22)20-10-15-7-5-9-25-15/h3-4,6,8,15H,5,7,9-12H2,1-2H3,(H,20,22)/t15-/m0/s1. The van der Waals surface area contributed by atoms with Gasteiger partial charge >= 0.3 is 0 Å². The molecule has 0 aliphatic carbocycles. The summed E-state index contributed by atoms with van der Waals surface area (Å²) in [5.74, 6) is -0.603. The van der Waals surface area contributed by atoms with Crippen molar-refractivity contribution in [1.82, 2.24) is 10.3 Å². The Balaban J connectivity index is 1.63. The van der Waals surface area contributed by atoms with Crippen molar-refractivity contribution in [3.05, 3.63) is 41.3 Å². The number of rotatable bonds is 7. The summed E-state index contributed by atoms with van der Waals surface area (Å²) in [6.07, 6.45) is 1.83. The highest BCUT2D eigenvalue weighted by Crippen LogP contribution is 2.25. The molecule has 0 unspecified atom stereocenters. The van der Waals surface area contributed by atoms with Crippen LogP contribution in [0.5, 0.6) is 0 Å². The Morgan fingerprint density at radius 1 is 1.30 bits per heavy atom. The second-order valence-corrected chi connectivity index (χ2v) is 8.87. The Labute approximate surface area is 159 Å². The fraction of sp³-hybridized carbons (Fsp3) is 0.474. The van der Waals surface area contributed by atoms with Crippen LogP contribution in [-0.4, -0.2) is 44.3 Å². The van der Waals surface area contributed by atoms with E-state index in [-0.39, 0.29) is 11.9 Å². The maximum Gasteiger partial charge on any atom is 0.235 e. The van der Waals surface area contributed by atoms with Gasteiger partial charge in [0.1, 0.15) is 11.5 Å². The predicted molar refractivity (Wildman–Crippen MR) is 101 cm³/mol. The largest absolute Gasteiger partial charge is 0.441 e. The zero-order chi connectivity index (χ0) is 19.4. The lowest BCUT2D eigenvalue weighted by molar-refractivity contribution is -0.119. The van der Waals surface area contributed by atoms with Crippen LogP contribution in [0, 0.1) is 13.8 Å². The summed E-state index contributed by atoms with van der Waals surface area (Å²) >= 11 is 0. The van der Waals surface area contributed by atoms with E-state index in [1.54, 1.807) is 6.92 Å². The van der Waals surface area contributed by atoms with Gasteiger partial charge in [-0.25, -0.2) is 13.4 Å². The molecule has 1 aromatic heterocycles. The molecule has 1 aromatic carbocycles. The van der Waals surface area contributed by atoms with Gasteiger partial charge in [-0.15, -0.1) is 0 Å². The van der Waals surface area contributed by atoms with E-state index in [2.05, 4.69) is 10.3 Å². The Kier molecular flexibility index (Phi) is 5.96. The van der Waals surface area contributed by atoms with Crippen LogP contribution >= 0.6 is 0 Å². The average Bonchev–Trinajstić information content (AvgIpc) is 3.23. The van der Waals surface area contributed by atoms with E-state index < -0.39 is 21.5 Å². The number of sulfone groups is 1. The van der Waals surface area contributed by atoms with Crippen molar-refractivity contribution < 1.29 is 22.4 Å². The monoisotopic (exact) mass is 392 g/mol. The van der Waals surface area contributed by atoms with Crippen molar-refractivity contribution in [3.8, 4) is 11.5 Å². The average molecular weight is 392 g/mol. The molecular weight excluding hydrogens is 368 g/mol. The molecule has 1 aliphatic rings. The minimum atomic E-state index is -3.66. The summed E-state index contributed by atoms with van der Waals surface area (Å²) in [6, 6.07) is 7.59. The van der Waals surface area contributed by atoms with Crippen LogP contribution in [0.1, 0.15) is 29.9 Å². The number of hydrogen-bond acceptors (Lipinski definition) is 6. The van der Waals surface area contributed by atoms with Gasteiger partial charge in [-0.3, -0.25) is 4.79 Å². The molecular formula is C19H24N2O5S. The highest BCUT2D eigenvalue weighted by atomic mass is 32.2. The van der Waals surface area contributed by atoms with E-state index in [0.29, 0.717) is 30.5 Å². The van der Waals surface area contributed by atoms with E-state index in [1.807, 2.05) is 31.2 Å². The number of nitrogens with zero attached hydrogens (tertiary/aromatic N) is 1. The minimum absolute atomic E-state index is 0.0221. The summed E-state index contributed by atoms with van der Waals surface area (Å²) in [6.45, 7) is 4.64. The normalized spacial score (nSPS) is 17.2. The third-order valence-corrected chi connectivity index (χ3v) is 5.94. The van der Waals surface area contributed by atoms with Gasteiger partial charge in [-0.2, -0.15) is 0 Å². The first-order chi connectivity index (χ1) is 12.8. The van der Waals surface area contributed by atoms with Crippen LogP contribution in [0.3, 0.4) is 0 Å². The van der Waals surface area contributed by atoms with E-state index in [1.165, 1.54) is 0 Å². The molecule has 146 valence electrons. The summed E-state index contributed by atoms with van der Waals surface area (Å²) in [7, 11) is -3.66. The topological polar surface area (TPSA) is 98.5 Å². The van der Waals surface area contributed by atoms with Crippen molar-refractivity contribution in [2.24, 2.45) is 0 Å². The van der Waals surface area contributed by atoms with Crippen molar-refractivity contribution in [1.29, 1.82) is 0 Å². The molecule has 27 heavy (non-hydrogen) atoms. The molecule has 3 rings (SSSR count). The van der Waals surface area contributed by atoms with Gasteiger partial charge in [0.15, 0.2) is 9.84 Å². The Hall–Kier alpha value is -2.19. The molecule has 1 atom stereocenters. The number of carbonyl (C=O) groups is 1. The molecule has 0 saturated carbocycles. The van der Waals surface area contributed by atoms with Gasteiger partial charge in [0.05, 0.1) is 17.6 Å². The zero-order valence-corrected chi connectivity index (χ0v) is 16.3. The number of hydrogen-bond donors (Lipinski definition) is 1. The Bertz CT molecular complexity index is 914. The minimum Gasteiger partial charge on any atom is -0.441 e. The molecule has 1 fully saturated rings. The van der Waals surface area contributed by atoms with Gasteiger partial charge in [-0.05, 0) is 38.3 Å². The molecule has 1 N–H and O–H groups in total. The molecule has 1 aliphatic heterocycles. The van der Waals surface area contributed by atoms with Crippen LogP contribution in [0.25, 0.3) is 11.5 Å². The molecule has 0 radical (unpaired) electrons. The van der Waals surface area contributed by atoms with Crippen LogP contribution in [0.2, 0.25) is 0 Å². The molecule has 1 saturated heterocycles. The summed E-state index contributed by atoms with van der Waals surface area (Å²) in [5, 5.41) is 2.63. The summed E-state index contributed by atoms with van der Waals surface area (Å²) < 4.78 is 35.9. The van der Waals surface area contributed by atoms with Gasteiger partial charge in [0, 0.05) is 18.7 Å². The van der Waals surface area contributed by atoms with Crippen molar-refractivity contribution >= 4 is 15.7 Å². The first kappa shape index (κ1) is 19.6. The molecule has 0 bridgehead atoms. The number of aryl methyl sites for hydroxylation is 2. The number of amides is 1. The third kappa shape index (κ3) is 5.17. The second kappa shape index (κ2) is 8.22. The SMILES string of the molecule is Cc1ccccc1-c1nc(CS(=O)(=O)CC(=O)NC[C@@H]2CCCO2)c(C)o1. The number of nitrogens with one attached hydrogen (secondary N) is 1. The van der Waals surface area contributed by atoms with Gasteiger partial charge < -0.3 is 14.5 Å².